The Kier molecular flexibility index (Phi) is 10.7. The molecule has 1 aromatic heterocycles. The van der Waals surface area contributed by atoms with Gasteiger partial charge in [-0.2, -0.15) is 13.2 Å². The number of carboxylic acid groups (broad SMARTS) is 1. The lowest BCUT2D eigenvalue weighted by atomic mass is 9.82. The molecule has 1 aliphatic carbocycles. The zero-order chi connectivity index (χ0) is 28.8. The van der Waals surface area contributed by atoms with Crippen LogP contribution in [0.3, 0.4) is 0 Å². The maximum Gasteiger partial charge on any atom is 0.433 e. The molecule has 0 bridgehead atoms. The van der Waals surface area contributed by atoms with Gasteiger partial charge in [0.2, 0.25) is 0 Å². The van der Waals surface area contributed by atoms with Crippen molar-refractivity contribution in [3.05, 3.63) is 39.8 Å². The van der Waals surface area contributed by atoms with Crippen molar-refractivity contribution in [1.82, 2.24) is 9.88 Å². The number of alkyl halides is 3. The summed E-state index contributed by atoms with van der Waals surface area (Å²) in [5.74, 6) is -3.61. The van der Waals surface area contributed by atoms with Gasteiger partial charge in [0.05, 0.1) is 40.2 Å². The maximum atomic E-state index is 14.3. The monoisotopic (exact) mass is 578 g/mol. The first kappa shape index (κ1) is 31.6. The molecule has 3 N–H and O–H groups in total. The fourth-order valence-corrected chi connectivity index (χ4v) is 4.98. The first-order chi connectivity index (χ1) is 17.5. The second kappa shape index (κ2) is 12.9. The summed E-state index contributed by atoms with van der Waals surface area (Å²) in [6.07, 6.45) is -0.618. The standard InChI is InChI=1S/C25H31Cl2F3N4O4/c1-24(2,3)13-34(12-19(35)21-16(26)10-32-11-17(21)27)23(38)15(9-31)22(25(28,29)30)33-18-7-5-4-6-14(18)8-20(36)37/h9-11,14,18H,4-8,12-13,31H2,1-3H3,(H,36,37)/t14-,18?/m0/s1. The van der Waals surface area contributed by atoms with E-state index in [1.54, 1.807) is 20.8 Å². The second-order valence-electron chi connectivity index (χ2n) is 10.4. The lowest BCUT2D eigenvalue weighted by molar-refractivity contribution is -0.138. The molecular formula is C25H31Cl2F3N4O4. The number of nitrogens with zero attached hydrogens (tertiary/aromatic N) is 3. The van der Waals surface area contributed by atoms with Crippen molar-refractivity contribution in [1.29, 1.82) is 0 Å². The Morgan fingerprint density at radius 2 is 1.74 bits per heavy atom. The van der Waals surface area contributed by atoms with Gasteiger partial charge >= 0.3 is 12.1 Å². The van der Waals surface area contributed by atoms with E-state index in [0.29, 0.717) is 25.5 Å². The maximum absolute atomic E-state index is 14.3. The molecule has 1 fully saturated rings. The van der Waals surface area contributed by atoms with Crippen molar-refractivity contribution in [2.45, 2.75) is 65.1 Å². The molecule has 8 nitrogen and oxygen atoms in total. The molecule has 1 unspecified atom stereocenters. The van der Waals surface area contributed by atoms with E-state index in [1.807, 2.05) is 0 Å². The molecular weight excluding hydrogens is 548 g/mol. The number of halogens is 5. The molecule has 0 spiro atoms. The number of carbonyl (C=O) groups excluding carboxylic acids is 2. The van der Waals surface area contributed by atoms with Gasteiger partial charge in [0.15, 0.2) is 11.5 Å². The van der Waals surface area contributed by atoms with E-state index in [-0.39, 0.29) is 35.0 Å². The van der Waals surface area contributed by atoms with Crippen molar-refractivity contribution in [3.63, 3.8) is 0 Å². The van der Waals surface area contributed by atoms with Crippen LogP contribution < -0.4 is 5.73 Å². The van der Waals surface area contributed by atoms with E-state index in [9.17, 15) is 32.7 Å². The third-order valence-corrected chi connectivity index (χ3v) is 6.51. The van der Waals surface area contributed by atoms with Crippen LogP contribution in [0.1, 0.15) is 63.2 Å². The van der Waals surface area contributed by atoms with Crippen molar-refractivity contribution < 1.29 is 32.7 Å². The number of hydrogen-bond donors (Lipinski definition) is 2. The van der Waals surface area contributed by atoms with E-state index in [0.717, 1.165) is 4.90 Å². The molecule has 38 heavy (non-hydrogen) atoms. The molecule has 1 saturated carbocycles. The number of aromatic nitrogens is 1. The number of aliphatic carboxylic acids is 1. The number of hydrogen-bond acceptors (Lipinski definition) is 6. The summed E-state index contributed by atoms with van der Waals surface area (Å²) in [5, 5.41) is 9.06. The Hall–Kier alpha value is -2.66. The van der Waals surface area contributed by atoms with Crippen molar-refractivity contribution >= 4 is 46.6 Å². The van der Waals surface area contributed by atoms with Crippen LogP contribution in [0.5, 0.6) is 0 Å². The quantitative estimate of drug-likeness (QED) is 0.232. The summed E-state index contributed by atoms with van der Waals surface area (Å²) in [5.41, 5.74) is 2.40. The van der Waals surface area contributed by atoms with Crippen LogP contribution >= 0.6 is 23.2 Å². The topological polar surface area (TPSA) is 126 Å². The fraction of sp³-hybridized carbons (Fsp3) is 0.560. The number of ketones is 1. The molecule has 0 aliphatic heterocycles. The van der Waals surface area contributed by atoms with E-state index in [2.05, 4.69) is 9.98 Å². The highest BCUT2D eigenvalue weighted by molar-refractivity contribution is 6.39. The minimum Gasteiger partial charge on any atom is -0.481 e. The minimum absolute atomic E-state index is 0.0699. The Labute approximate surface area is 229 Å². The van der Waals surface area contributed by atoms with Gasteiger partial charge < -0.3 is 15.7 Å². The summed E-state index contributed by atoms with van der Waals surface area (Å²) in [4.78, 5) is 46.5. The van der Waals surface area contributed by atoms with Gasteiger partial charge in [0.25, 0.3) is 5.91 Å². The van der Waals surface area contributed by atoms with Crippen LogP contribution in [0.4, 0.5) is 13.2 Å². The number of carboxylic acids is 1. The van der Waals surface area contributed by atoms with Crippen molar-refractivity contribution in [2.24, 2.45) is 22.1 Å². The predicted octanol–water partition coefficient (Wildman–Crippen LogP) is 5.33. The van der Waals surface area contributed by atoms with Gasteiger partial charge in [-0.25, -0.2) is 0 Å². The number of rotatable bonds is 9. The van der Waals surface area contributed by atoms with E-state index < -0.39 is 59.0 Å². The average molecular weight is 579 g/mol. The molecule has 0 saturated heterocycles. The van der Waals surface area contributed by atoms with E-state index in [1.165, 1.54) is 12.4 Å². The van der Waals surface area contributed by atoms with Crippen molar-refractivity contribution in [3.8, 4) is 0 Å². The van der Waals surface area contributed by atoms with Crippen LogP contribution in [0.15, 0.2) is 29.2 Å². The number of aliphatic imine (C=N–C) groups is 1. The van der Waals surface area contributed by atoms with Gasteiger partial charge in [-0.15, -0.1) is 0 Å². The van der Waals surface area contributed by atoms with Crippen molar-refractivity contribution in [2.75, 3.05) is 13.1 Å². The minimum atomic E-state index is -5.07. The highest BCUT2D eigenvalue weighted by atomic mass is 35.5. The largest absolute Gasteiger partial charge is 0.481 e. The predicted molar refractivity (Wildman–Crippen MR) is 138 cm³/mol. The Bertz CT molecular complexity index is 1100. The van der Waals surface area contributed by atoms with Gasteiger partial charge in [-0.05, 0) is 24.2 Å². The molecule has 1 heterocycles. The average Bonchev–Trinajstić information content (AvgIpc) is 2.77. The van der Waals surface area contributed by atoms with Crippen LogP contribution in [0.25, 0.3) is 0 Å². The van der Waals surface area contributed by atoms with Crippen LogP contribution in [-0.4, -0.2) is 63.7 Å². The van der Waals surface area contributed by atoms with Crippen LogP contribution in [-0.2, 0) is 9.59 Å². The summed E-state index contributed by atoms with van der Waals surface area (Å²) >= 11 is 12.1. The number of carbonyl (C=O) groups is 3. The zero-order valence-corrected chi connectivity index (χ0v) is 22.8. The highest BCUT2D eigenvalue weighted by Gasteiger charge is 2.43. The van der Waals surface area contributed by atoms with E-state index in [4.69, 9.17) is 28.9 Å². The van der Waals surface area contributed by atoms with Gasteiger partial charge in [0, 0.05) is 25.1 Å². The zero-order valence-electron chi connectivity index (χ0n) is 21.3. The molecule has 1 amide bonds. The van der Waals surface area contributed by atoms with Gasteiger partial charge in [0.1, 0.15) is 0 Å². The Balaban J connectivity index is 2.51. The Morgan fingerprint density at radius 3 is 2.24 bits per heavy atom. The van der Waals surface area contributed by atoms with Gasteiger partial charge in [-0.1, -0.05) is 56.8 Å². The molecule has 210 valence electrons. The summed E-state index contributed by atoms with van der Waals surface area (Å²) < 4.78 is 42.8. The van der Waals surface area contributed by atoms with Gasteiger partial charge in [-0.3, -0.25) is 24.4 Å². The lowest BCUT2D eigenvalue weighted by Gasteiger charge is -2.32. The number of nitrogens with two attached hydrogens (primary N) is 1. The normalized spacial score (nSPS) is 19.3. The molecule has 0 aromatic carbocycles. The van der Waals surface area contributed by atoms with E-state index >= 15 is 0 Å². The summed E-state index contributed by atoms with van der Waals surface area (Å²) in [6, 6.07) is -0.952. The summed E-state index contributed by atoms with van der Waals surface area (Å²) in [6.45, 7) is 4.49. The molecule has 13 heteroatoms. The number of pyridine rings is 1. The highest BCUT2D eigenvalue weighted by Crippen LogP contribution is 2.33. The fourth-order valence-electron chi connectivity index (χ4n) is 4.41. The number of Topliss-reactive ketones (excluding diaryl/α,β-unsaturated/α-hetero) is 1. The molecule has 1 aliphatic rings. The molecule has 2 atom stereocenters. The number of amides is 1. The molecule has 2 rings (SSSR count). The molecule has 0 radical (unpaired) electrons. The smallest absolute Gasteiger partial charge is 0.433 e. The van der Waals surface area contributed by atoms with Crippen LogP contribution in [0, 0.1) is 11.3 Å². The Morgan fingerprint density at radius 1 is 1.16 bits per heavy atom. The first-order valence-corrected chi connectivity index (χ1v) is 12.7. The van der Waals surface area contributed by atoms with Crippen LogP contribution in [0.2, 0.25) is 10.0 Å². The first-order valence-electron chi connectivity index (χ1n) is 12.0. The third kappa shape index (κ3) is 8.69. The SMILES string of the molecule is CC(C)(C)CN(CC(=O)c1c(Cl)cncc1Cl)C(=O)C(=CN)C(=NC1CCCC[C@H]1CC(=O)O)C(F)(F)F. The lowest BCUT2D eigenvalue weighted by Crippen LogP contribution is -2.45. The molecule has 1 aromatic rings. The third-order valence-electron chi connectivity index (χ3n) is 5.94. The summed E-state index contributed by atoms with van der Waals surface area (Å²) in [7, 11) is 0. The second-order valence-corrected chi connectivity index (χ2v) is 11.2.